The van der Waals surface area contributed by atoms with Crippen molar-refractivity contribution in [1.82, 2.24) is 4.98 Å². The van der Waals surface area contributed by atoms with Gasteiger partial charge in [0, 0.05) is 16.4 Å². The average molecular weight is 335 g/mol. The Morgan fingerprint density at radius 3 is 2.70 bits per heavy atom. The molecule has 1 aromatic heterocycles. The van der Waals surface area contributed by atoms with Gasteiger partial charge in [0.25, 0.3) is 5.91 Å². The molecule has 0 saturated heterocycles. The molecule has 0 aliphatic carbocycles. The Balaban J connectivity index is 2.28. The maximum absolute atomic E-state index is 12.1. The molecule has 1 amide bonds. The minimum atomic E-state index is -1.19. The van der Waals surface area contributed by atoms with E-state index in [1.165, 1.54) is 18.3 Å². The van der Waals surface area contributed by atoms with Crippen LogP contribution in [-0.4, -0.2) is 22.0 Å². The number of anilines is 1. The largest absolute Gasteiger partial charge is 0.478 e. The van der Waals surface area contributed by atoms with E-state index in [9.17, 15) is 9.59 Å². The summed E-state index contributed by atoms with van der Waals surface area (Å²) in [4.78, 5) is 27.0. The van der Waals surface area contributed by atoms with Crippen molar-refractivity contribution >= 4 is 33.5 Å². The van der Waals surface area contributed by atoms with Crippen molar-refractivity contribution in [3.05, 3.63) is 57.8 Å². The van der Waals surface area contributed by atoms with E-state index in [4.69, 9.17) is 5.11 Å². The Morgan fingerprint density at radius 1 is 1.30 bits per heavy atom. The number of carbonyl (C=O) groups is 2. The number of pyridine rings is 1. The molecule has 0 aliphatic heterocycles. The van der Waals surface area contributed by atoms with Crippen LogP contribution in [0.5, 0.6) is 0 Å². The van der Waals surface area contributed by atoms with Crippen LogP contribution in [0.4, 0.5) is 5.69 Å². The van der Waals surface area contributed by atoms with Gasteiger partial charge in [0.2, 0.25) is 0 Å². The summed E-state index contributed by atoms with van der Waals surface area (Å²) >= 11 is 3.37. The number of benzene rings is 1. The fourth-order valence-electron chi connectivity index (χ4n) is 1.62. The van der Waals surface area contributed by atoms with E-state index in [2.05, 4.69) is 26.2 Å². The molecule has 0 spiro atoms. The lowest BCUT2D eigenvalue weighted by Crippen LogP contribution is -2.18. The summed E-state index contributed by atoms with van der Waals surface area (Å²) in [5, 5.41) is 11.7. The lowest BCUT2D eigenvalue weighted by molar-refractivity contribution is 0.0691. The summed E-state index contributed by atoms with van der Waals surface area (Å²) in [5.41, 5.74) is 1.36. The number of halogens is 1. The normalized spacial score (nSPS) is 10.1. The van der Waals surface area contributed by atoms with Crippen LogP contribution in [0, 0.1) is 6.92 Å². The van der Waals surface area contributed by atoms with Gasteiger partial charge in [-0.2, -0.15) is 0 Å². The van der Waals surface area contributed by atoms with Gasteiger partial charge in [-0.25, -0.2) is 4.79 Å². The molecule has 0 aliphatic rings. The van der Waals surface area contributed by atoms with E-state index in [-0.39, 0.29) is 11.3 Å². The summed E-state index contributed by atoms with van der Waals surface area (Å²) in [6.45, 7) is 1.93. The van der Waals surface area contributed by atoms with Gasteiger partial charge in [-0.15, -0.1) is 0 Å². The zero-order valence-electron chi connectivity index (χ0n) is 10.6. The van der Waals surface area contributed by atoms with E-state index in [1.807, 2.05) is 13.0 Å². The second-order valence-corrected chi connectivity index (χ2v) is 4.98. The van der Waals surface area contributed by atoms with Crippen molar-refractivity contribution in [2.45, 2.75) is 6.92 Å². The molecule has 2 aromatic rings. The molecule has 0 fully saturated rings. The number of aryl methyl sites for hydroxylation is 1. The van der Waals surface area contributed by atoms with Gasteiger partial charge < -0.3 is 10.4 Å². The number of amides is 1. The summed E-state index contributed by atoms with van der Waals surface area (Å²) in [6, 6.07) is 8.15. The molecule has 0 saturated carbocycles. The van der Waals surface area contributed by atoms with Gasteiger partial charge in [0.15, 0.2) is 0 Å². The van der Waals surface area contributed by atoms with Crippen molar-refractivity contribution in [2.24, 2.45) is 0 Å². The molecular weight excluding hydrogens is 324 g/mol. The second-order valence-electron chi connectivity index (χ2n) is 4.12. The Morgan fingerprint density at radius 2 is 2.05 bits per heavy atom. The van der Waals surface area contributed by atoms with E-state index < -0.39 is 11.9 Å². The van der Waals surface area contributed by atoms with Gasteiger partial charge >= 0.3 is 5.97 Å². The number of nitrogens with one attached hydrogen (secondary N) is 1. The Labute approximate surface area is 123 Å². The summed E-state index contributed by atoms with van der Waals surface area (Å²) in [5.74, 6) is -1.74. The molecule has 1 aromatic carbocycles. The molecule has 20 heavy (non-hydrogen) atoms. The van der Waals surface area contributed by atoms with Crippen LogP contribution in [-0.2, 0) is 0 Å². The van der Waals surface area contributed by atoms with E-state index in [1.54, 1.807) is 12.1 Å². The molecule has 2 N–H and O–H groups in total. The molecule has 0 atom stereocenters. The minimum absolute atomic E-state index is 0.114. The first-order valence-corrected chi connectivity index (χ1v) is 6.54. The van der Waals surface area contributed by atoms with Crippen molar-refractivity contribution in [2.75, 3.05) is 5.32 Å². The van der Waals surface area contributed by atoms with Crippen LogP contribution < -0.4 is 5.32 Å². The van der Waals surface area contributed by atoms with Crippen LogP contribution in [0.2, 0.25) is 0 Å². The highest BCUT2D eigenvalue weighted by molar-refractivity contribution is 9.10. The van der Waals surface area contributed by atoms with Crippen LogP contribution in [0.3, 0.4) is 0 Å². The minimum Gasteiger partial charge on any atom is -0.478 e. The first-order chi connectivity index (χ1) is 9.49. The van der Waals surface area contributed by atoms with Gasteiger partial charge in [0.05, 0.1) is 5.56 Å². The van der Waals surface area contributed by atoms with Gasteiger partial charge in [-0.05, 0) is 36.8 Å². The third kappa shape index (κ3) is 3.03. The van der Waals surface area contributed by atoms with Crippen LogP contribution in [0.1, 0.15) is 26.4 Å². The summed E-state index contributed by atoms with van der Waals surface area (Å²) in [6.07, 6.45) is 1.38. The summed E-state index contributed by atoms with van der Waals surface area (Å²) < 4.78 is 0.856. The number of carboxylic acids is 1. The lowest BCUT2D eigenvalue weighted by atomic mass is 10.1. The summed E-state index contributed by atoms with van der Waals surface area (Å²) in [7, 11) is 0. The third-order valence-electron chi connectivity index (χ3n) is 2.68. The number of carbonyl (C=O) groups excluding carboxylic acids is 1. The maximum Gasteiger partial charge on any atom is 0.338 e. The molecule has 5 nitrogen and oxygen atoms in total. The predicted molar refractivity (Wildman–Crippen MR) is 78.0 cm³/mol. The highest BCUT2D eigenvalue weighted by Crippen LogP contribution is 2.21. The number of nitrogens with zero attached hydrogens (tertiary/aromatic N) is 1. The molecular formula is C14H11BrN2O3. The first kappa shape index (κ1) is 14.2. The highest BCUT2D eigenvalue weighted by Gasteiger charge is 2.17. The molecule has 0 radical (unpaired) electrons. The number of aromatic carboxylic acids is 1. The molecule has 0 bridgehead atoms. The molecule has 102 valence electrons. The first-order valence-electron chi connectivity index (χ1n) is 5.75. The van der Waals surface area contributed by atoms with Crippen LogP contribution in [0.15, 0.2) is 41.0 Å². The van der Waals surface area contributed by atoms with Crippen molar-refractivity contribution in [3.63, 3.8) is 0 Å². The van der Waals surface area contributed by atoms with Gasteiger partial charge in [-0.1, -0.05) is 22.0 Å². The number of aromatic nitrogens is 1. The Kier molecular flexibility index (Phi) is 4.14. The standard InChI is InChI=1S/C14H11BrN2O3/c1-8-4-5-9(7-11(8)15)17-13(18)12-10(14(19)20)3-2-6-16-12/h2-7H,1H3,(H,17,18)(H,19,20). The second kappa shape index (κ2) is 5.83. The van der Waals surface area contributed by atoms with Crippen molar-refractivity contribution in [3.8, 4) is 0 Å². The van der Waals surface area contributed by atoms with Crippen LogP contribution in [0.25, 0.3) is 0 Å². The average Bonchev–Trinajstić information content (AvgIpc) is 2.43. The fourth-order valence-corrected chi connectivity index (χ4v) is 2.00. The lowest BCUT2D eigenvalue weighted by Gasteiger charge is -2.08. The zero-order chi connectivity index (χ0) is 14.7. The quantitative estimate of drug-likeness (QED) is 0.903. The molecule has 2 rings (SSSR count). The van der Waals surface area contributed by atoms with Crippen molar-refractivity contribution < 1.29 is 14.7 Å². The zero-order valence-corrected chi connectivity index (χ0v) is 12.1. The Hall–Kier alpha value is -2.21. The fraction of sp³-hybridized carbons (Fsp3) is 0.0714. The predicted octanol–water partition coefficient (Wildman–Crippen LogP) is 3.10. The molecule has 6 heteroatoms. The van der Waals surface area contributed by atoms with Gasteiger partial charge in [0.1, 0.15) is 5.69 Å². The number of hydrogen-bond donors (Lipinski definition) is 2. The number of hydrogen-bond acceptors (Lipinski definition) is 3. The monoisotopic (exact) mass is 334 g/mol. The van der Waals surface area contributed by atoms with Crippen molar-refractivity contribution in [1.29, 1.82) is 0 Å². The molecule has 1 heterocycles. The number of rotatable bonds is 3. The smallest absolute Gasteiger partial charge is 0.338 e. The Bertz CT molecular complexity index is 686. The SMILES string of the molecule is Cc1ccc(NC(=O)c2ncccc2C(=O)O)cc1Br. The van der Waals surface area contributed by atoms with E-state index in [0.29, 0.717) is 5.69 Å². The van der Waals surface area contributed by atoms with Gasteiger partial charge in [-0.3, -0.25) is 9.78 Å². The topological polar surface area (TPSA) is 79.3 Å². The maximum atomic E-state index is 12.1. The van der Waals surface area contributed by atoms with E-state index in [0.717, 1.165) is 10.0 Å². The van der Waals surface area contributed by atoms with Crippen LogP contribution >= 0.6 is 15.9 Å². The number of carboxylic acid groups (broad SMARTS) is 1. The highest BCUT2D eigenvalue weighted by atomic mass is 79.9. The molecule has 0 unspecified atom stereocenters. The van der Waals surface area contributed by atoms with E-state index >= 15 is 0 Å². The third-order valence-corrected chi connectivity index (χ3v) is 3.54.